The number of rotatable bonds is 4. The van der Waals surface area contributed by atoms with Gasteiger partial charge in [0.1, 0.15) is 25.3 Å². The van der Waals surface area contributed by atoms with E-state index in [1.165, 1.54) is 4.90 Å². The lowest BCUT2D eigenvalue weighted by atomic mass is 9.91. The Morgan fingerprint density at radius 1 is 1.10 bits per heavy atom. The zero-order valence-electron chi connectivity index (χ0n) is 16.2. The highest BCUT2D eigenvalue weighted by molar-refractivity contribution is 6.10. The van der Waals surface area contributed by atoms with E-state index in [-0.39, 0.29) is 12.5 Å². The van der Waals surface area contributed by atoms with Crippen molar-refractivity contribution < 1.29 is 23.9 Å². The predicted octanol–water partition coefficient (Wildman–Crippen LogP) is 1.89. The fourth-order valence-corrected chi connectivity index (χ4v) is 3.43. The summed E-state index contributed by atoms with van der Waals surface area (Å²) in [5, 5.41) is 2.71. The number of hydrogen-bond donors (Lipinski definition) is 1. The first-order chi connectivity index (χ1) is 13.9. The summed E-state index contributed by atoms with van der Waals surface area (Å²) in [6, 6.07) is 13.5. The second-order valence-electron chi connectivity index (χ2n) is 7.09. The van der Waals surface area contributed by atoms with Gasteiger partial charge in [-0.2, -0.15) is 0 Å². The van der Waals surface area contributed by atoms with E-state index in [0.29, 0.717) is 36.0 Å². The molecule has 150 valence electrons. The fourth-order valence-electron chi connectivity index (χ4n) is 3.43. The van der Waals surface area contributed by atoms with Gasteiger partial charge >= 0.3 is 6.03 Å². The zero-order chi connectivity index (χ0) is 20.6. The summed E-state index contributed by atoms with van der Waals surface area (Å²) in [5.41, 5.74) is -0.0518. The molecule has 2 aliphatic rings. The monoisotopic (exact) mass is 395 g/mol. The number of para-hydroxylation sites is 1. The quantitative estimate of drug-likeness (QED) is 0.799. The second-order valence-corrected chi connectivity index (χ2v) is 7.09. The van der Waals surface area contributed by atoms with E-state index in [2.05, 4.69) is 5.32 Å². The maximum atomic E-state index is 13.1. The van der Waals surface area contributed by atoms with Crippen molar-refractivity contribution in [1.29, 1.82) is 0 Å². The third-order valence-corrected chi connectivity index (χ3v) is 5.21. The Kier molecular flexibility index (Phi) is 4.62. The Morgan fingerprint density at radius 3 is 2.52 bits per heavy atom. The first-order valence-electron chi connectivity index (χ1n) is 9.26. The van der Waals surface area contributed by atoms with Crippen LogP contribution in [0.5, 0.6) is 11.5 Å². The molecular weight excluding hydrogens is 374 g/mol. The Balaban J connectivity index is 1.55. The van der Waals surface area contributed by atoms with Gasteiger partial charge in [-0.05, 0) is 36.8 Å². The molecule has 2 aliphatic heterocycles. The van der Waals surface area contributed by atoms with Crippen molar-refractivity contribution in [2.75, 3.05) is 31.7 Å². The van der Waals surface area contributed by atoms with Crippen molar-refractivity contribution in [3.05, 3.63) is 54.1 Å². The van der Waals surface area contributed by atoms with Gasteiger partial charge in [-0.15, -0.1) is 0 Å². The van der Waals surface area contributed by atoms with E-state index < -0.39 is 17.5 Å². The molecule has 2 aromatic rings. The molecule has 0 spiro atoms. The van der Waals surface area contributed by atoms with Gasteiger partial charge in [0.05, 0.1) is 0 Å². The molecule has 0 aromatic heterocycles. The Morgan fingerprint density at radius 2 is 1.79 bits per heavy atom. The average Bonchev–Trinajstić information content (AvgIpc) is 2.97. The van der Waals surface area contributed by atoms with Gasteiger partial charge in [0.2, 0.25) is 5.91 Å². The van der Waals surface area contributed by atoms with E-state index in [9.17, 15) is 14.4 Å². The van der Waals surface area contributed by atoms with Crippen molar-refractivity contribution in [1.82, 2.24) is 10.2 Å². The minimum Gasteiger partial charge on any atom is -0.486 e. The topological polar surface area (TPSA) is 88.2 Å². The van der Waals surface area contributed by atoms with Gasteiger partial charge < -0.3 is 19.7 Å². The second kappa shape index (κ2) is 7.12. The summed E-state index contributed by atoms with van der Waals surface area (Å²) >= 11 is 0. The zero-order valence-corrected chi connectivity index (χ0v) is 16.2. The molecule has 1 N–H and O–H groups in total. The van der Waals surface area contributed by atoms with Gasteiger partial charge in [-0.25, -0.2) is 4.79 Å². The Labute approximate surface area is 168 Å². The molecule has 8 heteroatoms. The van der Waals surface area contributed by atoms with Crippen LogP contribution in [0.15, 0.2) is 48.5 Å². The van der Waals surface area contributed by atoms with Crippen molar-refractivity contribution >= 4 is 23.5 Å². The molecule has 0 bridgehead atoms. The molecule has 1 saturated heterocycles. The molecule has 2 heterocycles. The van der Waals surface area contributed by atoms with Crippen LogP contribution >= 0.6 is 0 Å². The van der Waals surface area contributed by atoms with Crippen molar-refractivity contribution in [2.45, 2.75) is 12.5 Å². The normalized spacial score (nSPS) is 20.4. The third kappa shape index (κ3) is 3.26. The first-order valence-corrected chi connectivity index (χ1v) is 9.26. The summed E-state index contributed by atoms with van der Waals surface area (Å²) in [6.45, 7) is 2.14. The lowest BCUT2D eigenvalue weighted by Gasteiger charge is -2.25. The standard InChI is InChI=1S/C21H21N3O5/c1-21(14-8-9-16-17(12-14)29-11-10-28-16)19(26)24(20(27)22-21)13-18(25)23(2)15-6-4-3-5-7-15/h3-9,12H,10-11,13H2,1-2H3,(H,22,27)/t21-/m1/s1. The van der Waals surface area contributed by atoms with E-state index in [0.717, 1.165) is 4.90 Å². The third-order valence-electron chi connectivity index (χ3n) is 5.21. The molecule has 29 heavy (non-hydrogen) atoms. The Hall–Kier alpha value is -3.55. The van der Waals surface area contributed by atoms with E-state index in [4.69, 9.17) is 9.47 Å². The molecule has 4 amide bonds. The van der Waals surface area contributed by atoms with E-state index in [1.54, 1.807) is 44.3 Å². The molecule has 4 rings (SSSR count). The molecule has 0 saturated carbocycles. The number of benzene rings is 2. The number of ether oxygens (including phenoxy) is 2. The van der Waals surface area contributed by atoms with Gasteiger partial charge in [-0.3, -0.25) is 14.5 Å². The summed E-state index contributed by atoms with van der Waals surface area (Å²) in [5.74, 6) is 0.257. The van der Waals surface area contributed by atoms with Crippen LogP contribution in [0, 0.1) is 0 Å². The summed E-state index contributed by atoms with van der Waals surface area (Å²) < 4.78 is 11.1. The maximum Gasteiger partial charge on any atom is 0.325 e. The lowest BCUT2D eigenvalue weighted by molar-refractivity contribution is -0.134. The van der Waals surface area contributed by atoms with Crippen LogP contribution in [0.3, 0.4) is 0 Å². The van der Waals surface area contributed by atoms with Crippen LogP contribution in [0.1, 0.15) is 12.5 Å². The van der Waals surface area contributed by atoms with Crippen LogP contribution in [0.2, 0.25) is 0 Å². The Bertz CT molecular complexity index is 978. The molecular formula is C21H21N3O5. The van der Waals surface area contributed by atoms with Crippen LogP contribution in [-0.2, 0) is 15.1 Å². The number of urea groups is 1. The van der Waals surface area contributed by atoms with Gasteiger partial charge in [0, 0.05) is 12.7 Å². The van der Waals surface area contributed by atoms with Crippen LogP contribution in [0.25, 0.3) is 0 Å². The summed E-state index contributed by atoms with van der Waals surface area (Å²) in [7, 11) is 1.61. The molecule has 1 atom stereocenters. The summed E-state index contributed by atoms with van der Waals surface area (Å²) in [6.07, 6.45) is 0. The minimum absolute atomic E-state index is 0.351. The molecule has 2 aromatic carbocycles. The largest absolute Gasteiger partial charge is 0.486 e. The van der Waals surface area contributed by atoms with Crippen molar-refractivity contribution in [3.8, 4) is 11.5 Å². The number of anilines is 1. The first kappa shape index (κ1) is 18.8. The summed E-state index contributed by atoms with van der Waals surface area (Å²) in [4.78, 5) is 40.6. The maximum absolute atomic E-state index is 13.1. The predicted molar refractivity (Wildman–Crippen MR) is 105 cm³/mol. The number of amides is 4. The van der Waals surface area contributed by atoms with Crippen LogP contribution < -0.4 is 19.7 Å². The number of imide groups is 1. The highest BCUT2D eigenvalue weighted by atomic mass is 16.6. The van der Waals surface area contributed by atoms with E-state index >= 15 is 0 Å². The smallest absolute Gasteiger partial charge is 0.325 e. The van der Waals surface area contributed by atoms with Gasteiger partial charge in [0.15, 0.2) is 11.5 Å². The molecule has 8 nitrogen and oxygen atoms in total. The molecule has 0 aliphatic carbocycles. The number of nitrogens with one attached hydrogen (secondary N) is 1. The molecule has 1 fully saturated rings. The number of fused-ring (bicyclic) bond motifs is 1. The van der Waals surface area contributed by atoms with Crippen LogP contribution in [-0.4, -0.2) is 49.6 Å². The van der Waals surface area contributed by atoms with E-state index in [1.807, 2.05) is 18.2 Å². The van der Waals surface area contributed by atoms with Gasteiger partial charge in [0.25, 0.3) is 5.91 Å². The van der Waals surface area contributed by atoms with Gasteiger partial charge in [-0.1, -0.05) is 24.3 Å². The average molecular weight is 395 g/mol. The van der Waals surface area contributed by atoms with Crippen molar-refractivity contribution in [2.24, 2.45) is 0 Å². The molecule has 0 unspecified atom stereocenters. The van der Waals surface area contributed by atoms with Crippen molar-refractivity contribution in [3.63, 3.8) is 0 Å². The highest BCUT2D eigenvalue weighted by Crippen LogP contribution is 2.36. The highest BCUT2D eigenvalue weighted by Gasteiger charge is 2.50. The lowest BCUT2D eigenvalue weighted by Crippen LogP contribution is -2.43. The number of carbonyl (C=O) groups excluding carboxylic acids is 3. The van der Waals surface area contributed by atoms with Crippen LogP contribution in [0.4, 0.5) is 10.5 Å². The fraction of sp³-hybridized carbons (Fsp3) is 0.286. The number of nitrogens with zero attached hydrogens (tertiary/aromatic N) is 2. The SMILES string of the molecule is CN(C(=O)CN1C(=O)N[C@](C)(c2ccc3c(c2)OCCO3)C1=O)c1ccccc1. The number of hydrogen-bond acceptors (Lipinski definition) is 5. The number of likely N-dealkylation sites (N-methyl/N-ethyl adjacent to an activating group) is 1. The molecule has 0 radical (unpaired) electrons. The minimum atomic E-state index is -1.29. The number of carbonyl (C=O) groups is 3.